The second-order valence-corrected chi connectivity index (χ2v) is 12.9. The summed E-state index contributed by atoms with van der Waals surface area (Å²) in [4.78, 5) is 37.9. The van der Waals surface area contributed by atoms with E-state index >= 15 is 0 Å². The molecule has 0 saturated carbocycles. The van der Waals surface area contributed by atoms with E-state index < -0.39 is 0 Å². The van der Waals surface area contributed by atoms with Gasteiger partial charge in [0, 0.05) is 62.0 Å². The maximum Gasteiger partial charge on any atom is 0.254 e. The Morgan fingerprint density at radius 2 is 2.02 bits per heavy atom. The van der Waals surface area contributed by atoms with Crippen molar-refractivity contribution in [1.29, 1.82) is 5.26 Å². The molecule has 3 aromatic rings. The first-order valence-electron chi connectivity index (χ1n) is 14.9. The molecule has 43 heavy (non-hydrogen) atoms. The molecule has 3 aliphatic rings. The van der Waals surface area contributed by atoms with Gasteiger partial charge < -0.3 is 15.1 Å². The number of aromatic nitrogens is 1. The number of benzene rings is 2. The average molecular weight is 581 g/mol. The van der Waals surface area contributed by atoms with Gasteiger partial charge >= 0.3 is 0 Å². The molecular formula is C34H37FN6O2. The summed E-state index contributed by atoms with van der Waals surface area (Å²) in [6.45, 7) is 11.3. The third-order valence-corrected chi connectivity index (χ3v) is 9.02. The molecule has 0 spiro atoms. The zero-order chi connectivity index (χ0) is 30.5. The topological polar surface area (TPSA) is 92.6 Å². The maximum atomic E-state index is 14.0. The predicted molar refractivity (Wildman–Crippen MR) is 162 cm³/mol. The SMILES string of the molecule is Cc1cc(F)ccc1Cc1cnc2c(c1)N(C(=O)CN1C[C@@H](C)NC[C@@H]1CN1Cc3cc(C#N)ccc3C1=O)CC2(C)C. The van der Waals surface area contributed by atoms with Crippen LogP contribution in [0.15, 0.2) is 48.7 Å². The van der Waals surface area contributed by atoms with E-state index in [-0.39, 0.29) is 41.7 Å². The molecule has 9 heteroatoms. The predicted octanol–water partition coefficient (Wildman–Crippen LogP) is 3.93. The summed E-state index contributed by atoms with van der Waals surface area (Å²) < 4.78 is 13.7. The molecule has 0 aliphatic carbocycles. The van der Waals surface area contributed by atoms with E-state index in [0.29, 0.717) is 50.3 Å². The van der Waals surface area contributed by atoms with Crippen molar-refractivity contribution in [2.45, 2.75) is 58.2 Å². The quantitative estimate of drug-likeness (QED) is 0.475. The number of nitrogens with one attached hydrogen (secondary N) is 1. The van der Waals surface area contributed by atoms with Crippen LogP contribution in [0.25, 0.3) is 0 Å². The van der Waals surface area contributed by atoms with Gasteiger partial charge in [0.25, 0.3) is 5.91 Å². The summed E-state index contributed by atoms with van der Waals surface area (Å²) in [5.41, 5.74) is 6.41. The number of amides is 2. The Balaban J connectivity index is 1.20. The number of pyridine rings is 1. The van der Waals surface area contributed by atoms with E-state index in [9.17, 15) is 19.2 Å². The Morgan fingerprint density at radius 3 is 2.79 bits per heavy atom. The van der Waals surface area contributed by atoms with Gasteiger partial charge in [-0.15, -0.1) is 0 Å². The number of carbonyl (C=O) groups is 2. The molecule has 3 aliphatic heterocycles. The van der Waals surface area contributed by atoms with Crippen LogP contribution in [0.4, 0.5) is 10.1 Å². The van der Waals surface area contributed by atoms with Crippen LogP contribution in [-0.2, 0) is 23.2 Å². The van der Waals surface area contributed by atoms with E-state index in [2.05, 4.69) is 43.1 Å². The van der Waals surface area contributed by atoms with Crippen LogP contribution >= 0.6 is 0 Å². The van der Waals surface area contributed by atoms with Crippen LogP contribution in [0, 0.1) is 24.1 Å². The first-order chi connectivity index (χ1) is 20.5. The highest BCUT2D eigenvalue weighted by atomic mass is 19.1. The minimum atomic E-state index is -0.290. The minimum Gasteiger partial charge on any atom is -0.333 e. The molecular weight excluding hydrogens is 543 g/mol. The first kappa shape index (κ1) is 29.0. The largest absolute Gasteiger partial charge is 0.333 e. The van der Waals surface area contributed by atoms with Crippen molar-refractivity contribution in [2.24, 2.45) is 0 Å². The number of aryl methyl sites for hydroxylation is 1. The Morgan fingerprint density at radius 1 is 1.21 bits per heavy atom. The number of halogens is 1. The number of hydrogen-bond donors (Lipinski definition) is 1. The van der Waals surface area contributed by atoms with E-state index in [0.717, 1.165) is 33.6 Å². The smallest absolute Gasteiger partial charge is 0.254 e. The van der Waals surface area contributed by atoms with Crippen molar-refractivity contribution in [3.8, 4) is 6.07 Å². The van der Waals surface area contributed by atoms with Crippen LogP contribution < -0.4 is 10.2 Å². The van der Waals surface area contributed by atoms with Gasteiger partial charge in [-0.2, -0.15) is 5.26 Å². The fourth-order valence-electron chi connectivity index (χ4n) is 6.69. The van der Waals surface area contributed by atoms with Crippen molar-refractivity contribution in [3.63, 3.8) is 0 Å². The van der Waals surface area contributed by atoms with Gasteiger partial charge in [0.1, 0.15) is 5.82 Å². The molecule has 0 radical (unpaired) electrons. The average Bonchev–Trinajstić information content (AvgIpc) is 3.43. The van der Waals surface area contributed by atoms with Gasteiger partial charge in [0.15, 0.2) is 0 Å². The number of anilines is 1. The molecule has 8 nitrogen and oxygen atoms in total. The summed E-state index contributed by atoms with van der Waals surface area (Å²) in [6, 6.07) is 14.4. The van der Waals surface area contributed by atoms with Gasteiger partial charge in [0.2, 0.25) is 5.91 Å². The van der Waals surface area contributed by atoms with E-state index in [4.69, 9.17) is 4.98 Å². The normalized spacial score (nSPS) is 21.1. The molecule has 1 saturated heterocycles. The zero-order valence-corrected chi connectivity index (χ0v) is 25.2. The molecule has 6 rings (SSSR count). The van der Waals surface area contributed by atoms with E-state index in [1.165, 1.54) is 12.1 Å². The van der Waals surface area contributed by atoms with Gasteiger partial charge in [-0.3, -0.25) is 19.5 Å². The molecule has 2 atom stereocenters. The monoisotopic (exact) mass is 580 g/mol. The number of carbonyl (C=O) groups excluding carboxylic acids is 2. The summed E-state index contributed by atoms with van der Waals surface area (Å²) in [6.07, 6.45) is 2.48. The Labute approximate surface area is 252 Å². The highest BCUT2D eigenvalue weighted by molar-refractivity contribution is 5.99. The maximum absolute atomic E-state index is 14.0. The number of hydrogen-bond acceptors (Lipinski definition) is 6. The lowest BCUT2D eigenvalue weighted by Gasteiger charge is -2.41. The molecule has 4 heterocycles. The molecule has 0 bridgehead atoms. The Hall–Kier alpha value is -4.13. The summed E-state index contributed by atoms with van der Waals surface area (Å²) in [7, 11) is 0. The number of fused-ring (bicyclic) bond motifs is 2. The van der Waals surface area contributed by atoms with Crippen molar-refractivity contribution in [1.82, 2.24) is 20.1 Å². The van der Waals surface area contributed by atoms with Crippen molar-refractivity contribution >= 4 is 17.5 Å². The molecule has 1 N–H and O–H groups in total. The second kappa shape index (κ2) is 11.2. The fraction of sp³-hybridized carbons (Fsp3) is 0.412. The van der Waals surface area contributed by atoms with Crippen LogP contribution in [0.2, 0.25) is 0 Å². The van der Waals surface area contributed by atoms with Gasteiger partial charge in [0.05, 0.1) is 29.6 Å². The lowest BCUT2D eigenvalue weighted by molar-refractivity contribution is -0.120. The van der Waals surface area contributed by atoms with Gasteiger partial charge in [-0.05, 0) is 78.9 Å². The summed E-state index contributed by atoms with van der Waals surface area (Å²) in [5.74, 6) is -0.272. The third-order valence-electron chi connectivity index (χ3n) is 9.02. The lowest BCUT2D eigenvalue weighted by Crippen LogP contribution is -2.60. The number of rotatable bonds is 6. The van der Waals surface area contributed by atoms with E-state index in [1.807, 2.05) is 29.0 Å². The second-order valence-electron chi connectivity index (χ2n) is 12.9. The fourth-order valence-corrected chi connectivity index (χ4v) is 6.69. The third kappa shape index (κ3) is 5.65. The molecule has 1 fully saturated rings. The number of nitriles is 1. The zero-order valence-electron chi connectivity index (χ0n) is 25.2. The number of piperazine rings is 1. The first-order valence-corrected chi connectivity index (χ1v) is 14.9. The summed E-state index contributed by atoms with van der Waals surface area (Å²) in [5, 5.41) is 12.8. The minimum absolute atomic E-state index is 0.0116. The highest BCUT2D eigenvalue weighted by Crippen LogP contribution is 2.40. The standard InChI is InChI=1S/C34H37FN6O2/c1-21-9-27(35)7-6-25(21)11-24-12-30-32(38-14-24)34(3,4)20-41(30)31(42)19-39-16-22(2)37-15-28(39)18-40-17-26-10-23(13-36)5-8-29(26)33(40)43/h5-10,12,14,22,28,37H,11,15-20H2,1-4H3/t22-,28-/m1/s1. The van der Waals surface area contributed by atoms with Crippen LogP contribution in [0.3, 0.4) is 0 Å². The molecule has 2 amide bonds. The van der Waals surface area contributed by atoms with Crippen LogP contribution in [0.5, 0.6) is 0 Å². The Kier molecular flexibility index (Phi) is 7.53. The molecule has 222 valence electrons. The Bertz CT molecular complexity index is 1650. The molecule has 2 aromatic carbocycles. The summed E-state index contributed by atoms with van der Waals surface area (Å²) >= 11 is 0. The molecule has 1 aromatic heterocycles. The van der Waals surface area contributed by atoms with Crippen molar-refractivity contribution < 1.29 is 14.0 Å². The van der Waals surface area contributed by atoms with Gasteiger partial charge in [-0.1, -0.05) is 19.9 Å². The van der Waals surface area contributed by atoms with Crippen molar-refractivity contribution in [3.05, 3.63) is 93.6 Å². The van der Waals surface area contributed by atoms with Crippen molar-refractivity contribution in [2.75, 3.05) is 37.6 Å². The number of nitrogens with zero attached hydrogens (tertiary/aromatic N) is 5. The van der Waals surface area contributed by atoms with Gasteiger partial charge in [-0.25, -0.2) is 4.39 Å². The van der Waals surface area contributed by atoms with Crippen LogP contribution in [-0.4, -0.2) is 71.4 Å². The molecule has 0 unspecified atom stereocenters. The highest BCUT2D eigenvalue weighted by Gasteiger charge is 2.41. The van der Waals surface area contributed by atoms with Crippen LogP contribution in [0.1, 0.15) is 64.6 Å². The van der Waals surface area contributed by atoms with E-state index in [1.54, 1.807) is 18.2 Å². The lowest BCUT2D eigenvalue weighted by atomic mass is 9.91.